The molecule has 1 aromatic carbocycles. The van der Waals surface area contributed by atoms with E-state index in [1.54, 1.807) is 17.0 Å². The second kappa shape index (κ2) is 8.14. The summed E-state index contributed by atoms with van der Waals surface area (Å²) in [4.78, 5) is 39.7. The Kier molecular flexibility index (Phi) is 5.68. The van der Waals surface area contributed by atoms with Gasteiger partial charge < -0.3 is 15.1 Å². The normalized spacial score (nSPS) is 17.7. The monoisotopic (exact) mass is 343 g/mol. The molecule has 0 aliphatic carbocycles. The number of hydrogen-bond acceptors (Lipinski definition) is 3. The van der Waals surface area contributed by atoms with Crippen molar-refractivity contribution in [2.75, 3.05) is 31.1 Å². The molecule has 6 nitrogen and oxygen atoms in total. The molecule has 1 N–H and O–H groups in total. The van der Waals surface area contributed by atoms with Crippen molar-refractivity contribution in [3.05, 3.63) is 29.8 Å². The van der Waals surface area contributed by atoms with Crippen molar-refractivity contribution in [1.29, 1.82) is 0 Å². The largest absolute Gasteiger partial charge is 0.352 e. The number of piperidine rings is 1. The van der Waals surface area contributed by atoms with Gasteiger partial charge in [0.15, 0.2) is 0 Å². The van der Waals surface area contributed by atoms with E-state index in [9.17, 15) is 14.4 Å². The first-order chi connectivity index (χ1) is 12.1. The lowest BCUT2D eigenvalue weighted by Crippen LogP contribution is -2.35. The fourth-order valence-corrected chi connectivity index (χ4v) is 3.38. The number of likely N-dealkylation sites (tertiary alicyclic amines) is 1. The summed E-state index contributed by atoms with van der Waals surface area (Å²) >= 11 is 0. The Morgan fingerprint density at radius 1 is 0.960 bits per heavy atom. The maximum atomic E-state index is 12.2. The summed E-state index contributed by atoms with van der Waals surface area (Å²) in [6.45, 7) is 2.76. The molecule has 0 spiro atoms. The number of nitrogens with zero attached hydrogens (tertiary/aromatic N) is 2. The fraction of sp³-hybridized carbons (Fsp3) is 0.526. The van der Waals surface area contributed by atoms with E-state index < -0.39 is 0 Å². The van der Waals surface area contributed by atoms with Crippen molar-refractivity contribution in [2.24, 2.45) is 0 Å². The predicted molar refractivity (Wildman–Crippen MR) is 95.4 cm³/mol. The van der Waals surface area contributed by atoms with Crippen molar-refractivity contribution < 1.29 is 14.4 Å². The van der Waals surface area contributed by atoms with Crippen LogP contribution in [0.25, 0.3) is 0 Å². The summed E-state index contributed by atoms with van der Waals surface area (Å²) < 4.78 is 0. The minimum absolute atomic E-state index is 0.108. The van der Waals surface area contributed by atoms with E-state index in [0.717, 1.165) is 51.0 Å². The molecule has 2 fully saturated rings. The van der Waals surface area contributed by atoms with Gasteiger partial charge in [0.05, 0.1) is 0 Å². The zero-order valence-electron chi connectivity index (χ0n) is 14.5. The number of benzene rings is 1. The second-order valence-electron chi connectivity index (χ2n) is 6.64. The van der Waals surface area contributed by atoms with Crippen molar-refractivity contribution in [3.8, 4) is 0 Å². The van der Waals surface area contributed by atoms with Crippen molar-refractivity contribution >= 4 is 23.4 Å². The predicted octanol–water partition coefficient (Wildman–Crippen LogP) is 1.95. The highest BCUT2D eigenvalue weighted by Gasteiger charge is 2.20. The Morgan fingerprint density at radius 2 is 1.64 bits per heavy atom. The van der Waals surface area contributed by atoms with Crippen LogP contribution in [0.5, 0.6) is 0 Å². The van der Waals surface area contributed by atoms with Crippen LogP contribution in [0.1, 0.15) is 48.9 Å². The van der Waals surface area contributed by atoms with Gasteiger partial charge in [0, 0.05) is 50.3 Å². The molecule has 0 saturated carbocycles. The van der Waals surface area contributed by atoms with Gasteiger partial charge >= 0.3 is 0 Å². The van der Waals surface area contributed by atoms with Crippen LogP contribution in [0, 0.1) is 0 Å². The second-order valence-corrected chi connectivity index (χ2v) is 6.64. The van der Waals surface area contributed by atoms with E-state index in [-0.39, 0.29) is 17.7 Å². The standard InChI is InChI=1S/C19H25N3O3/c23-17(21-12-3-4-13-21)10-11-20-19(25)15-6-8-16(9-7-15)22-14-2-1-5-18(22)24/h6-9H,1-5,10-14H2,(H,20,25). The summed E-state index contributed by atoms with van der Waals surface area (Å²) in [5.41, 5.74) is 1.38. The molecule has 2 aliphatic rings. The van der Waals surface area contributed by atoms with E-state index in [1.165, 1.54) is 0 Å². The number of rotatable bonds is 5. The van der Waals surface area contributed by atoms with Gasteiger partial charge in [0.25, 0.3) is 5.91 Å². The summed E-state index contributed by atoms with van der Waals surface area (Å²) in [5.74, 6) is 0.0615. The smallest absolute Gasteiger partial charge is 0.251 e. The molecule has 0 bridgehead atoms. The van der Waals surface area contributed by atoms with Crippen molar-refractivity contribution in [2.45, 2.75) is 38.5 Å². The van der Waals surface area contributed by atoms with Gasteiger partial charge in [-0.25, -0.2) is 0 Å². The summed E-state index contributed by atoms with van der Waals surface area (Å²) in [5, 5.41) is 2.79. The molecule has 2 aliphatic heterocycles. The molecule has 0 atom stereocenters. The van der Waals surface area contributed by atoms with Crippen LogP contribution in [0.3, 0.4) is 0 Å². The first-order valence-corrected chi connectivity index (χ1v) is 9.11. The van der Waals surface area contributed by atoms with Crippen LogP contribution < -0.4 is 10.2 Å². The van der Waals surface area contributed by atoms with Crippen molar-refractivity contribution in [1.82, 2.24) is 10.2 Å². The van der Waals surface area contributed by atoms with Crippen LogP contribution in [0.15, 0.2) is 24.3 Å². The highest BCUT2D eigenvalue weighted by Crippen LogP contribution is 2.21. The highest BCUT2D eigenvalue weighted by atomic mass is 16.2. The van der Waals surface area contributed by atoms with Crippen LogP contribution in [-0.2, 0) is 9.59 Å². The topological polar surface area (TPSA) is 69.7 Å². The van der Waals surface area contributed by atoms with Gasteiger partial charge in [-0.2, -0.15) is 0 Å². The highest BCUT2D eigenvalue weighted by molar-refractivity contribution is 5.97. The number of nitrogens with one attached hydrogen (secondary N) is 1. The van der Waals surface area contributed by atoms with E-state index in [1.807, 2.05) is 17.0 Å². The van der Waals surface area contributed by atoms with Gasteiger partial charge in [0.2, 0.25) is 11.8 Å². The number of anilines is 1. The lowest BCUT2D eigenvalue weighted by molar-refractivity contribution is -0.130. The third-order valence-corrected chi connectivity index (χ3v) is 4.85. The molecule has 2 saturated heterocycles. The SMILES string of the molecule is O=C(NCCC(=O)N1CCCC1)c1ccc(N2CCCCC2=O)cc1. The third-order valence-electron chi connectivity index (χ3n) is 4.85. The van der Waals surface area contributed by atoms with Gasteiger partial charge in [-0.05, 0) is 49.9 Å². The van der Waals surface area contributed by atoms with Crippen LogP contribution in [0.4, 0.5) is 5.69 Å². The van der Waals surface area contributed by atoms with Crippen LogP contribution >= 0.6 is 0 Å². The number of carbonyl (C=O) groups is 3. The molecule has 6 heteroatoms. The maximum absolute atomic E-state index is 12.2. The number of carbonyl (C=O) groups excluding carboxylic acids is 3. The molecule has 2 heterocycles. The Bertz CT molecular complexity index is 636. The number of amides is 3. The maximum Gasteiger partial charge on any atom is 0.251 e. The molecule has 0 unspecified atom stereocenters. The van der Waals surface area contributed by atoms with Gasteiger partial charge in [-0.3, -0.25) is 14.4 Å². The van der Waals surface area contributed by atoms with Gasteiger partial charge in [-0.1, -0.05) is 0 Å². The van der Waals surface area contributed by atoms with Crippen LogP contribution in [-0.4, -0.2) is 48.8 Å². The molecule has 0 radical (unpaired) electrons. The van der Waals surface area contributed by atoms with Gasteiger partial charge in [-0.15, -0.1) is 0 Å². The minimum atomic E-state index is -0.189. The van der Waals surface area contributed by atoms with E-state index in [4.69, 9.17) is 0 Å². The zero-order valence-corrected chi connectivity index (χ0v) is 14.5. The number of hydrogen-bond donors (Lipinski definition) is 1. The van der Waals surface area contributed by atoms with E-state index in [2.05, 4.69) is 5.32 Å². The fourth-order valence-electron chi connectivity index (χ4n) is 3.38. The average Bonchev–Trinajstić information content (AvgIpc) is 3.17. The van der Waals surface area contributed by atoms with E-state index >= 15 is 0 Å². The molecule has 1 aromatic rings. The van der Waals surface area contributed by atoms with E-state index in [0.29, 0.717) is 24.9 Å². The molecule has 3 amide bonds. The minimum Gasteiger partial charge on any atom is -0.352 e. The Hall–Kier alpha value is -2.37. The molecule has 0 aromatic heterocycles. The van der Waals surface area contributed by atoms with Gasteiger partial charge in [0.1, 0.15) is 0 Å². The lowest BCUT2D eigenvalue weighted by Gasteiger charge is -2.26. The third kappa shape index (κ3) is 4.38. The molecule has 25 heavy (non-hydrogen) atoms. The Morgan fingerprint density at radius 3 is 2.32 bits per heavy atom. The Labute approximate surface area is 148 Å². The quantitative estimate of drug-likeness (QED) is 0.888. The summed E-state index contributed by atoms with van der Waals surface area (Å²) in [6, 6.07) is 7.09. The molecule has 3 rings (SSSR count). The van der Waals surface area contributed by atoms with Crippen molar-refractivity contribution in [3.63, 3.8) is 0 Å². The van der Waals surface area contributed by atoms with Crippen LogP contribution in [0.2, 0.25) is 0 Å². The average molecular weight is 343 g/mol. The summed E-state index contributed by atoms with van der Waals surface area (Å²) in [7, 11) is 0. The first-order valence-electron chi connectivity index (χ1n) is 9.11. The zero-order chi connectivity index (χ0) is 17.6. The first kappa shape index (κ1) is 17.5. The summed E-state index contributed by atoms with van der Waals surface area (Å²) in [6.07, 6.45) is 5.04. The Balaban J connectivity index is 1.48. The molecular weight excluding hydrogens is 318 g/mol. The molecular formula is C19H25N3O3. The molecule has 134 valence electrons. The lowest BCUT2D eigenvalue weighted by atomic mass is 10.1.